The van der Waals surface area contributed by atoms with E-state index < -0.39 is 11.7 Å². The van der Waals surface area contributed by atoms with Gasteiger partial charge in [-0.2, -0.15) is 0 Å². The van der Waals surface area contributed by atoms with Gasteiger partial charge in [-0.25, -0.2) is 4.39 Å². The van der Waals surface area contributed by atoms with Crippen molar-refractivity contribution in [3.8, 4) is 5.75 Å². The van der Waals surface area contributed by atoms with Crippen LogP contribution >= 0.6 is 11.6 Å². The molecule has 3 rings (SSSR count). The standard InChI is InChI=1S/C21H24ClFN2O3/c1-14-17(23)7-4-8-18(14)24-20(26)13-25-10-9-21(2,27)19(12-25)28-16-6-3-5-15(22)11-16/h3-8,11,19,27H,9-10,12-13H2,1-2H3,(H,24,26)/t19-,21-/m0/s1. The lowest BCUT2D eigenvalue weighted by Crippen LogP contribution is -2.57. The molecular weight excluding hydrogens is 383 g/mol. The van der Waals surface area contributed by atoms with Gasteiger partial charge in [0.15, 0.2) is 0 Å². The third-order valence-corrected chi connectivity index (χ3v) is 5.27. The Morgan fingerprint density at radius 2 is 2.14 bits per heavy atom. The minimum atomic E-state index is -1.02. The molecule has 1 saturated heterocycles. The van der Waals surface area contributed by atoms with E-state index in [1.165, 1.54) is 6.07 Å². The molecule has 2 aromatic carbocycles. The number of aliphatic hydroxyl groups is 1. The van der Waals surface area contributed by atoms with Crippen LogP contribution in [-0.2, 0) is 4.79 Å². The van der Waals surface area contributed by atoms with Crippen molar-refractivity contribution in [2.75, 3.05) is 25.0 Å². The van der Waals surface area contributed by atoms with Gasteiger partial charge in [0.1, 0.15) is 23.3 Å². The molecule has 1 aliphatic rings. The largest absolute Gasteiger partial charge is 0.486 e. The van der Waals surface area contributed by atoms with Crippen LogP contribution in [0.4, 0.5) is 10.1 Å². The van der Waals surface area contributed by atoms with Gasteiger partial charge in [0.05, 0.1) is 6.54 Å². The summed E-state index contributed by atoms with van der Waals surface area (Å²) >= 11 is 6.00. The number of halogens is 2. The maximum absolute atomic E-state index is 13.6. The normalized spacial score (nSPS) is 22.7. The number of rotatable bonds is 5. The average molecular weight is 407 g/mol. The minimum absolute atomic E-state index is 0.126. The number of hydrogen-bond acceptors (Lipinski definition) is 4. The molecule has 0 unspecified atom stereocenters. The number of hydrogen-bond donors (Lipinski definition) is 2. The van der Waals surface area contributed by atoms with Crippen molar-refractivity contribution < 1.29 is 19.0 Å². The molecule has 2 aromatic rings. The van der Waals surface area contributed by atoms with Crippen LogP contribution in [0.5, 0.6) is 5.75 Å². The van der Waals surface area contributed by atoms with E-state index in [9.17, 15) is 14.3 Å². The Balaban J connectivity index is 1.63. The Hall–Kier alpha value is -2.15. The van der Waals surface area contributed by atoms with E-state index in [2.05, 4.69) is 5.32 Å². The van der Waals surface area contributed by atoms with Gasteiger partial charge >= 0.3 is 0 Å². The molecule has 1 amide bonds. The predicted molar refractivity (Wildman–Crippen MR) is 107 cm³/mol. The zero-order valence-electron chi connectivity index (χ0n) is 15.9. The van der Waals surface area contributed by atoms with Gasteiger partial charge < -0.3 is 15.2 Å². The molecule has 0 bridgehead atoms. The first-order valence-electron chi connectivity index (χ1n) is 9.16. The number of nitrogens with one attached hydrogen (secondary N) is 1. The van der Waals surface area contributed by atoms with Crippen LogP contribution < -0.4 is 10.1 Å². The van der Waals surface area contributed by atoms with Crippen LogP contribution in [0.2, 0.25) is 5.02 Å². The first-order chi connectivity index (χ1) is 13.2. The van der Waals surface area contributed by atoms with Gasteiger partial charge in [-0.15, -0.1) is 0 Å². The Kier molecular flexibility index (Phi) is 6.23. The monoisotopic (exact) mass is 406 g/mol. The Bertz CT molecular complexity index is 859. The number of ether oxygens (including phenoxy) is 1. The number of carbonyl (C=O) groups is 1. The Morgan fingerprint density at radius 1 is 1.39 bits per heavy atom. The van der Waals surface area contributed by atoms with Crippen LogP contribution in [0.1, 0.15) is 18.9 Å². The van der Waals surface area contributed by atoms with E-state index in [1.807, 2.05) is 4.90 Å². The number of nitrogens with zero attached hydrogens (tertiary/aromatic N) is 1. The summed E-state index contributed by atoms with van der Waals surface area (Å²) in [6.45, 7) is 4.42. The minimum Gasteiger partial charge on any atom is -0.486 e. The molecular formula is C21H24ClFN2O3. The first kappa shape index (κ1) is 20.6. The Morgan fingerprint density at radius 3 is 2.89 bits per heavy atom. The highest BCUT2D eigenvalue weighted by atomic mass is 35.5. The van der Waals surface area contributed by atoms with E-state index in [0.717, 1.165) is 0 Å². The third kappa shape index (κ3) is 5.01. The molecule has 1 aliphatic heterocycles. The number of amides is 1. The fraction of sp³-hybridized carbons (Fsp3) is 0.381. The molecule has 1 fully saturated rings. The fourth-order valence-electron chi connectivity index (χ4n) is 3.22. The molecule has 2 N–H and O–H groups in total. The lowest BCUT2D eigenvalue weighted by molar-refractivity contribution is -0.122. The zero-order valence-corrected chi connectivity index (χ0v) is 16.7. The molecule has 0 aromatic heterocycles. The summed E-state index contributed by atoms with van der Waals surface area (Å²) in [5, 5.41) is 14.0. The summed E-state index contributed by atoms with van der Waals surface area (Å²) < 4.78 is 19.6. The van der Waals surface area contributed by atoms with Gasteiger partial charge in [0.2, 0.25) is 5.91 Å². The van der Waals surface area contributed by atoms with Crippen LogP contribution in [0.25, 0.3) is 0 Å². The third-order valence-electron chi connectivity index (χ3n) is 5.04. The highest BCUT2D eigenvalue weighted by Crippen LogP contribution is 2.28. The van der Waals surface area contributed by atoms with Crippen molar-refractivity contribution in [1.29, 1.82) is 0 Å². The smallest absolute Gasteiger partial charge is 0.238 e. The summed E-state index contributed by atoms with van der Waals surface area (Å²) in [4.78, 5) is 14.3. The number of piperidine rings is 1. The highest BCUT2D eigenvalue weighted by Gasteiger charge is 2.39. The van der Waals surface area contributed by atoms with Crippen molar-refractivity contribution in [2.24, 2.45) is 0 Å². The van der Waals surface area contributed by atoms with Crippen LogP contribution in [0.3, 0.4) is 0 Å². The number of carbonyl (C=O) groups excluding carboxylic acids is 1. The second kappa shape index (κ2) is 8.47. The van der Waals surface area contributed by atoms with Crippen molar-refractivity contribution in [3.63, 3.8) is 0 Å². The summed E-state index contributed by atoms with van der Waals surface area (Å²) in [6, 6.07) is 11.6. The highest BCUT2D eigenvalue weighted by molar-refractivity contribution is 6.30. The van der Waals surface area contributed by atoms with Gasteiger partial charge in [0, 0.05) is 29.4 Å². The van der Waals surface area contributed by atoms with Gasteiger partial charge in [-0.3, -0.25) is 9.69 Å². The maximum atomic E-state index is 13.6. The molecule has 0 aliphatic carbocycles. The van der Waals surface area contributed by atoms with Crippen LogP contribution in [0.15, 0.2) is 42.5 Å². The molecule has 0 saturated carbocycles. The summed E-state index contributed by atoms with van der Waals surface area (Å²) in [7, 11) is 0. The summed E-state index contributed by atoms with van der Waals surface area (Å²) in [5.41, 5.74) is -0.158. The van der Waals surface area contributed by atoms with Crippen molar-refractivity contribution in [3.05, 3.63) is 58.9 Å². The molecule has 1 heterocycles. The summed E-state index contributed by atoms with van der Waals surface area (Å²) in [5.74, 6) is -0.0296. The summed E-state index contributed by atoms with van der Waals surface area (Å²) in [6.07, 6.45) is -0.0479. The van der Waals surface area contributed by atoms with E-state index >= 15 is 0 Å². The molecule has 0 spiro atoms. The van der Waals surface area contributed by atoms with E-state index in [-0.39, 0.29) is 18.3 Å². The topological polar surface area (TPSA) is 61.8 Å². The molecule has 0 radical (unpaired) electrons. The van der Waals surface area contributed by atoms with E-state index in [4.69, 9.17) is 16.3 Å². The van der Waals surface area contributed by atoms with Crippen LogP contribution in [0, 0.1) is 12.7 Å². The van der Waals surface area contributed by atoms with Gasteiger partial charge in [-0.1, -0.05) is 23.7 Å². The van der Waals surface area contributed by atoms with Gasteiger partial charge in [0.25, 0.3) is 0 Å². The maximum Gasteiger partial charge on any atom is 0.238 e. The molecule has 7 heteroatoms. The van der Waals surface area contributed by atoms with E-state index in [1.54, 1.807) is 50.2 Å². The second-order valence-electron chi connectivity index (χ2n) is 7.37. The number of benzene rings is 2. The van der Waals surface area contributed by atoms with Crippen molar-refractivity contribution >= 4 is 23.2 Å². The molecule has 150 valence electrons. The SMILES string of the molecule is Cc1c(F)cccc1NC(=O)CN1CC[C@](C)(O)[C@@H](Oc2cccc(Cl)c2)C1. The quantitative estimate of drug-likeness (QED) is 0.796. The second-order valence-corrected chi connectivity index (χ2v) is 7.80. The lowest BCUT2D eigenvalue weighted by Gasteiger charge is -2.42. The van der Waals surface area contributed by atoms with Crippen LogP contribution in [-0.4, -0.2) is 47.3 Å². The number of anilines is 1. The number of likely N-dealkylation sites (tertiary alicyclic amines) is 1. The van der Waals surface area contributed by atoms with Crippen molar-refractivity contribution in [2.45, 2.75) is 32.0 Å². The Labute approximate surface area is 169 Å². The van der Waals surface area contributed by atoms with Crippen molar-refractivity contribution in [1.82, 2.24) is 4.90 Å². The fourth-order valence-corrected chi connectivity index (χ4v) is 3.40. The average Bonchev–Trinajstić information content (AvgIpc) is 2.62. The van der Waals surface area contributed by atoms with Gasteiger partial charge in [-0.05, 0) is 50.6 Å². The predicted octanol–water partition coefficient (Wildman–Crippen LogP) is 3.63. The van der Waals surface area contributed by atoms with E-state index in [0.29, 0.717) is 41.5 Å². The first-order valence-corrected chi connectivity index (χ1v) is 9.54. The molecule has 28 heavy (non-hydrogen) atoms. The molecule has 5 nitrogen and oxygen atoms in total. The lowest BCUT2D eigenvalue weighted by atomic mass is 9.90. The zero-order chi connectivity index (χ0) is 20.3. The molecule has 2 atom stereocenters.